The van der Waals surface area contributed by atoms with E-state index in [0.717, 1.165) is 11.3 Å². The van der Waals surface area contributed by atoms with Crippen LogP contribution < -0.4 is 4.74 Å². The fourth-order valence-corrected chi connectivity index (χ4v) is 2.12. The minimum Gasteiger partial charge on any atom is -0.487 e. The summed E-state index contributed by atoms with van der Waals surface area (Å²) < 4.78 is 5.89. The smallest absolute Gasteiger partial charge is 0.143 e. The maximum absolute atomic E-state index is 5.89. The molecule has 1 N–H and O–H groups in total. The Labute approximate surface area is 106 Å². The largest absolute Gasteiger partial charge is 0.487 e. The summed E-state index contributed by atoms with van der Waals surface area (Å²) in [5.41, 5.74) is 3.50. The van der Waals surface area contributed by atoms with Crippen molar-refractivity contribution in [3.8, 4) is 5.75 Å². The molecular formula is C16H15NO. The van der Waals surface area contributed by atoms with Gasteiger partial charge in [-0.25, -0.2) is 0 Å². The summed E-state index contributed by atoms with van der Waals surface area (Å²) in [7, 11) is 0. The topological polar surface area (TPSA) is 25.0 Å². The summed E-state index contributed by atoms with van der Waals surface area (Å²) in [4.78, 5) is 3.27. The van der Waals surface area contributed by atoms with Gasteiger partial charge in [-0.2, -0.15) is 0 Å². The number of fused-ring (bicyclic) bond motifs is 1. The molecule has 0 spiro atoms. The lowest BCUT2D eigenvalue weighted by molar-refractivity contribution is 0.309. The SMILES string of the molecule is Cc1c[nH]c2c(OCc3ccccc3)cccc12. The van der Waals surface area contributed by atoms with Gasteiger partial charge < -0.3 is 9.72 Å². The predicted octanol–water partition coefficient (Wildman–Crippen LogP) is 4.06. The van der Waals surface area contributed by atoms with E-state index in [4.69, 9.17) is 4.74 Å². The standard InChI is InChI=1S/C16H15NO/c1-12-10-17-16-14(12)8-5-9-15(16)18-11-13-6-3-2-4-7-13/h2-10,17H,11H2,1H3. The maximum atomic E-state index is 5.89. The first-order valence-electron chi connectivity index (χ1n) is 6.08. The zero-order valence-corrected chi connectivity index (χ0v) is 10.3. The molecule has 2 heteroatoms. The first-order chi connectivity index (χ1) is 8.84. The van der Waals surface area contributed by atoms with Crippen LogP contribution in [0.1, 0.15) is 11.1 Å². The van der Waals surface area contributed by atoms with Crippen LogP contribution in [0, 0.1) is 6.92 Å². The summed E-state index contributed by atoms with van der Waals surface area (Å²) in [6.45, 7) is 2.69. The monoisotopic (exact) mass is 237 g/mol. The van der Waals surface area contributed by atoms with Crippen molar-refractivity contribution in [1.29, 1.82) is 0 Å². The lowest BCUT2D eigenvalue weighted by Gasteiger charge is -2.07. The third-order valence-corrected chi connectivity index (χ3v) is 3.12. The van der Waals surface area contributed by atoms with Gasteiger partial charge in [0.05, 0.1) is 5.52 Å². The van der Waals surface area contributed by atoms with Crippen LogP contribution >= 0.6 is 0 Å². The van der Waals surface area contributed by atoms with E-state index < -0.39 is 0 Å². The van der Waals surface area contributed by atoms with E-state index in [1.54, 1.807) is 0 Å². The van der Waals surface area contributed by atoms with Crippen LogP contribution in [0.15, 0.2) is 54.7 Å². The number of aromatic nitrogens is 1. The van der Waals surface area contributed by atoms with Gasteiger partial charge in [0, 0.05) is 11.6 Å². The second-order valence-corrected chi connectivity index (χ2v) is 4.42. The minimum atomic E-state index is 0.595. The average Bonchev–Trinajstić information content (AvgIpc) is 2.80. The molecule has 0 bridgehead atoms. The number of hydrogen-bond donors (Lipinski definition) is 1. The Bertz CT molecular complexity index is 655. The fourth-order valence-electron chi connectivity index (χ4n) is 2.12. The zero-order valence-electron chi connectivity index (χ0n) is 10.3. The normalized spacial score (nSPS) is 10.7. The molecule has 1 aromatic heterocycles. The summed E-state index contributed by atoms with van der Waals surface area (Å²) in [6, 6.07) is 16.3. The van der Waals surface area contributed by atoms with E-state index in [-0.39, 0.29) is 0 Å². The van der Waals surface area contributed by atoms with E-state index in [2.05, 4.69) is 30.1 Å². The van der Waals surface area contributed by atoms with Crippen molar-refractivity contribution in [2.75, 3.05) is 0 Å². The Morgan fingerprint density at radius 1 is 1.00 bits per heavy atom. The van der Waals surface area contributed by atoms with E-state index >= 15 is 0 Å². The van der Waals surface area contributed by atoms with Crippen molar-refractivity contribution in [2.24, 2.45) is 0 Å². The summed E-state index contributed by atoms with van der Waals surface area (Å²) >= 11 is 0. The number of hydrogen-bond acceptors (Lipinski definition) is 1. The summed E-state index contributed by atoms with van der Waals surface area (Å²) in [6.07, 6.45) is 2.01. The average molecular weight is 237 g/mol. The van der Waals surface area contributed by atoms with E-state index in [9.17, 15) is 0 Å². The van der Waals surface area contributed by atoms with Crippen LogP contribution in [0.5, 0.6) is 5.75 Å². The molecule has 0 aliphatic heterocycles. The van der Waals surface area contributed by atoms with Gasteiger partial charge in [-0.15, -0.1) is 0 Å². The number of nitrogens with one attached hydrogen (secondary N) is 1. The highest BCUT2D eigenvalue weighted by Crippen LogP contribution is 2.27. The van der Waals surface area contributed by atoms with Crippen molar-refractivity contribution in [3.63, 3.8) is 0 Å². The molecular weight excluding hydrogens is 222 g/mol. The summed E-state index contributed by atoms with van der Waals surface area (Å²) in [5, 5.41) is 1.22. The molecule has 0 atom stereocenters. The van der Waals surface area contributed by atoms with Gasteiger partial charge in [0.25, 0.3) is 0 Å². The van der Waals surface area contributed by atoms with Gasteiger partial charge in [-0.1, -0.05) is 42.5 Å². The minimum absolute atomic E-state index is 0.595. The van der Waals surface area contributed by atoms with Crippen LogP contribution in [-0.4, -0.2) is 4.98 Å². The molecule has 3 rings (SSSR count). The Morgan fingerprint density at radius 2 is 1.83 bits per heavy atom. The van der Waals surface area contributed by atoms with Gasteiger partial charge in [0.15, 0.2) is 0 Å². The molecule has 0 aliphatic carbocycles. The van der Waals surface area contributed by atoms with Crippen molar-refractivity contribution in [1.82, 2.24) is 4.98 Å². The molecule has 2 aromatic carbocycles. The highest BCUT2D eigenvalue weighted by Gasteiger charge is 2.05. The fraction of sp³-hybridized carbons (Fsp3) is 0.125. The van der Waals surface area contributed by atoms with Crippen molar-refractivity contribution >= 4 is 10.9 Å². The van der Waals surface area contributed by atoms with Crippen LogP contribution in [0.2, 0.25) is 0 Å². The highest BCUT2D eigenvalue weighted by atomic mass is 16.5. The molecule has 18 heavy (non-hydrogen) atoms. The van der Waals surface area contributed by atoms with Crippen molar-refractivity contribution < 1.29 is 4.74 Å². The van der Waals surface area contributed by atoms with Crippen LogP contribution in [0.25, 0.3) is 10.9 Å². The van der Waals surface area contributed by atoms with Crippen LogP contribution in [0.4, 0.5) is 0 Å². The van der Waals surface area contributed by atoms with E-state index in [0.29, 0.717) is 6.61 Å². The Balaban J connectivity index is 1.87. The molecule has 0 fully saturated rings. The number of aryl methyl sites for hydroxylation is 1. The Hall–Kier alpha value is -2.22. The number of para-hydroxylation sites is 1. The number of ether oxygens (including phenoxy) is 1. The van der Waals surface area contributed by atoms with E-state index in [1.807, 2.05) is 36.5 Å². The van der Waals surface area contributed by atoms with Gasteiger partial charge >= 0.3 is 0 Å². The third kappa shape index (κ3) is 1.97. The number of H-pyrrole nitrogens is 1. The maximum Gasteiger partial charge on any atom is 0.143 e. The molecule has 0 radical (unpaired) electrons. The van der Waals surface area contributed by atoms with Gasteiger partial charge in [0.1, 0.15) is 12.4 Å². The summed E-state index contributed by atoms with van der Waals surface area (Å²) in [5.74, 6) is 0.907. The van der Waals surface area contributed by atoms with Gasteiger partial charge in [0.2, 0.25) is 0 Å². The highest BCUT2D eigenvalue weighted by molar-refractivity contribution is 5.88. The first kappa shape index (κ1) is 10.9. The second-order valence-electron chi connectivity index (χ2n) is 4.42. The first-order valence-corrected chi connectivity index (χ1v) is 6.08. The Morgan fingerprint density at radius 3 is 2.67 bits per heavy atom. The van der Waals surface area contributed by atoms with Crippen LogP contribution in [0.3, 0.4) is 0 Å². The van der Waals surface area contributed by atoms with Crippen LogP contribution in [-0.2, 0) is 6.61 Å². The quantitative estimate of drug-likeness (QED) is 0.730. The molecule has 0 saturated carbocycles. The van der Waals surface area contributed by atoms with Crippen molar-refractivity contribution in [3.05, 3.63) is 65.9 Å². The molecule has 0 aliphatic rings. The number of aromatic amines is 1. The molecule has 0 amide bonds. The molecule has 1 heterocycles. The lowest BCUT2D eigenvalue weighted by atomic mass is 10.2. The zero-order chi connectivity index (χ0) is 12.4. The molecule has 90 valence electrons. The van der Waals surface area contributed by atoms with Gasteiger partial charge in [-0.3, -0.25) is 0 Å². The third-order valence-electron chi connectivity index (χ3n) is 3.12. The number of benzene rings is 2. The number of rotatable bonds is 3. The van der Waals surface area contributed by atoms with Crippen molar-refractivity contribution in [2.45, 2.75) is 13.5 Å². The molecule has 3 aromatic rings. The molecule has 0 saturated heterocycles. The predicted molar refractivity (Wildman–Crippen MR) is 73.8 cm³/mol. The molecule has 0 unspecified atom stereocenters. The van der Waals surface area contributed by atoms with E-state index in [1.165, 1.54) is 16.5 Å². The van der Waals surface area contributed by atoms with Gasteiger partial charge in [-0.05, 0) is 24.1 Å². The lowest BCUT2D eigenvalue weighted by Crippen LogP contribution is -1.95. The molecule has 2 nitrogen and oxygen atoms in total. The Kier molecular flexibility index (Phi) is 2.77. The second kappa shape index (κ2) is 4.57.